The van der Waals surface area contributed by atoms with Crippen molar-refractivity contribution in [3.05, 3.63) is 0 Å². The summed E-state index contributed by atoms with van der Waals surface area (Å²) in [5, 5.41) is 8.99. The molecule has 1 saturated heterocycles. The van der Waals surface area contributed by atoms with Crippen LogP contribution in [-0.4, -0.2) is 53.2 Å². The van der Waals surface area contributed by atoms with Gasteiger partial charge in [-0.1, -0.05) is 0 Å². The second-order valence-corrected chi connectivity index (χ2v) is 4.27. The lowest BCUT2D eigenvalue weighted by Gasteiger charge is -2.37. The molecule has 0 aliphatic carbocycles. The van der Waals surface area contributed by atoms with E-state index < -0.39 is 0 Å². The monoisotopic (exact) mass is 204 g/mol. The first-order valence-electron chi connectivity index (χ1n) is 4.36. The second kappa shape index (κ2) is 4.83. The number of β-amino-alcohol motifs (C(OH)–C–C–N with tert-alkyl or cyclic N) is 1. The molecule has 0 saturated carbocycles. The van der Waals surface area contributed by atoms with E-state index in [4.69, 9.17) is 10.8 Å². The Balaban J connectivity index is 2.22. The maximum absolute atomic E-state index is 11.5. The summed E-state index contributed by atoms with van der Waals surface area (Å²) in [5.41, 5.74) is 5.67. The number of likely N-dealkylation sites (tertiary alicyclic amines) is 1. The molecule has 0 bridgehead atoms. The normalized spacial score (nSPS) is 19.8. The van der Waals surface area contributed by atoms with Gasteiger partial charge in [0.15, 0.2) is 0 Å². The van der Waals surface area contributed by atoms with E-state index >= 15 is 0 Å². The minimum Gasteiger partial charge on any atom is -0.389 e. The van der Waals surface area contributed by atoms with Gasteiger partial charge in [0.25, 0.3) is 0 Å². The van der Waals surface area contributed by atoms with Gasteiger partial charge in [0.2, 0.25) is 5.91 Å². The van der Waals surface area contributed by atoms with Gasteiger partial charge in [-0.15, -0.1) is 0 Å². The van der Waals surface area contributed by atoms with Crippen LogP contribution in [0, 0.1) is 0 Å². The number of hydrogen-bond donors (Lipinski definition) is 2. The van der Waals surface area contributed by atoms with Gasteiger partial charge >= 0.3 is 0 Å². The SMILES string of the molecule is CSCC[C@@H](N)C(=O)N1CC(O)C1. The maximum atomic E-state index is 11.5. The van der Waals surface area contributed by atoms with E-state index in [0.717, 1.165) is 5.75 Å². The maximum Gasteiger partial charge on any atom is 0.239 e. The van der Waals surface area contributed by atoms with Crippen molar-refractivity contribution in [3.8, 4) is 0 Å². The van der Waals surface area contributed by atoms with Crippen LogP contribution in [0.2, 0.25) is 0 Å². The molecular weight excluding hydrogens is 188 g/mol. The second-order valence-electron chi connectivity index (χ2n) is 3.29. The predicted molar refractivity (Wildman–Crippen MR) is 53.6 cm³/mol. The standard InChI is InChI=1S/C8H16N2O2S/c1-13-3-2-7(9)8(12)10-4-6(11)5-10/h6-7,11H,2-5,9H2,1H3/t7-/m1/s1. The van der Waals surface area contributed by atoms with Crippen molar-refractivity contribution in [1.29, 1.82) is 0 Å². The summed E-state index contributed by atoms with van der Waals surface area (Å²) in [4.78, 5) is 13.1. The molecule has 0 spiro atoms. The third kappa shape index (κ3) is 2.86. The average molecular weight is 204 g/mol. The number of aliphatic hydroxyl groups is 1. The molecule has 0 aromatic heterocycles. The molecule has 1 atom stereocenters. The average Bonchev–Trinajstić information content (AvgIpc) is 2.07. The Hall–Kier alpha value is -0.260. The van der Waals surface area contributed by atoms with E-state index in [1.54, 1.807) is 16.7 Å². The zero-order valence-electron chi connectivity index (χ0n) is 7.77. The highest BCUT2D eigenvalue weighted by atomic mass is 32.2. The molecule has 1 heterocycles. The highest BCUT2D eigenvalue weighted by Gasteiger charge is 2.31. The molecule has 1 aliphatic heterocycles. The molecule has 0 radical (unpaired) electrons. The number of amides is 1. The van der Waals surface area contributed by atoms with Gasteiger partial charge in [-0.25, -0.2) is 0 Å². The molecule has 1 fully saturated rings. The lowest BCUT2D eigenvalue weighted by atomic mass is 10.1. The van der Waals surface area contributed by atoms with Crippen LogP contribution in [0.5, 0.6) is 0 Å². The van der Waals surface area contributed by atoms with Crippen LogP contribution in [0.4, 0.5) is 0 Å². The van der Waals surface area contributed by atoms with Gasteiger partial charge in [-0.3, -0.25) is 4.79 Å². The minimum absolute atomic E-state index is 0.0284. The first-order chi connectivity index (χ1) is 6.15. The number of nitrogens with zero attached hydrogens (tertiary/aromatic N) is 1. The lowest BCUT2D eigenvalue weighted by Crippen LogP contribution is -2.57. The van der Waals surface area contributed by atoms with E-state index in [0.29, 0.717) is 19.5 Å². The molecule has 13 heavy (non-hydrogen) atoms. The van der Waals surface area contributed by atoms with E-state index in [-0.39, 0.29) is 18.1 Å². The van der Waals surface area contributed by atoms with Gasteiger partial charge < -0.3 is 15.7 Å². The molecule has 3 N–H and O–H groups in total. The summed E-state index contributed by atoms with van der Waals surface area (Å²) in [6, 6.07) is -0.389. The van der Waals surface area contributed by atoms with Crippen LogP contribution in [0.15, 0.2) is 0 Å². The van der Waals surface area contributed by atoms with Gasteiger partial charge in [0.05, 0.1) is 12.1 Å². The van der Waals surface area contributed by atoms with Crippen molar-refractivity contribution in [3.63, 3.8) is 0 Å². The number of hydrogen-bond acceptors (Lipinski definition) is 4. The van der Waals surface area contributed by atoms with Crippen LogP contribution in [0.3, 0.4) is 0 Å². The van der Waals surface area contributed by atoms with Crippen LogP contribution in [0.25, 0.3) is 0 Å². The van der Waals surface area contributed by atoms with Crippen molar-refractivity contribution in [1.82, 2.24) is 4.90 Å². The van der Waals surface area contributed by atoms with E-state index in [1.165, 1.54) is 0 Å². The number of carbonyl (C=O) groups is 1. The van der Waals surface area contributed by atoms with Crippen LogP contribution in [-0.2, 0) is 4.79 Å². The summed E-state index contributed by atoms with van der Waals surface area (Å²) in [6.07, 6.45) is 2.37. The first-order valence-corrected chi connectivity index (χ1v) is 5.76. The smallest absolute Gasteiger partial charge is 0.239 e. The van der Waals surface area contributed by atoms with Crippen molar-refractivity contribution >= 4 is 17.7 Å². The Kier molecular flexibility index (Phi) is 4.02. The first kappa shape index (κ1) is 10.8. The zero-order valence-corrected chi connectivity index (χ0v) is 8.59. The molecule has 0 unspecified atom stereocenters. The van der Waals surface area contributed by atoms with Gasteiger partial charge in [-0.05, 0) is 18.4 Å². The molecule has 0 aromatic carbocycles. The third-order valence-electron chi connectivity index (χ3n) is 2.12. The Labute approximate surface area is 82.5 Å². The number of aliphatic hydroxyl groups excluding tert-OH is 1. The largest absolute Gasteiger partial charge is 0.389 e. The summed E-state index contributed by atoms with van der Waals surface area (Å²) in [6.45, 7) is 0.900. The van der Waals surface area contributed by atoms with Crippen molar-refractivity contribution in [2.75, 3.05) is 25.1 Å². The minimum atomic E-state index is -0.389. The van der Waals surface area contributed by atoms with Crippen molar-refractivity contribution in [2.24, 2.45) is 5.73 Å². The van der Waals surface area contributed by atoms with Gasteiger partial charge in [0, 0.05) is 13.1 Å². The van der Waals surface area contributed by atoms with Crippen LogP contribution < -0.4 is 5.73 Å². The van der Waals surface area contributed by atoms with E-state index in [2.05, 4.69) is 0 Å². The fourth-order valence-electron chi connectivity index (χ4n) is 1.24. The Morgan fingerprint density at radius 2 is 2.38 bits per heavy atom. The topological polar surface area (TPSA) is 66.6 Å². The molecule has 76 valence electrons. The molecule has 1 aliphatic rings. The third-order valence-corrected chi connectivity index (χ3v) is 2.77. The highest BCUT2D eigenvalue weighted by molar-refractivity contribution is 7.98. The van der Waals surface area contributed by atoms with Gasteiger partial charge in [-0.2, -0.15) is 11.8 Å². The lowest BCUT2D eigenvalue weighted by molar-refractivity contribution is -0.142. The van der Waals surface area contributed by atoms with Crippen molar-refractivity contribution in [2.45, 2.75) is 18.6 Å². The summed E-state index contributed by atoms with van der Waals surface area (Å²) >= 11 is 1.69. The van der Waals surface area contributed by atoms with Crippen LogP contribution in [0.1, 0.15) is 6.42 Å². The molecule has 5 heteroatoms. The quantitative estimate of drug-likeness (QED) is 0.633. The highest BCUT2D eigenvalue weighted by Crippen LogP contribution is 2.10. The molecule has 1 rings (SSSR count). The predicted octanol–water partition coefficient (Wildman–Crippen LogP) is -0.730. The fraction of sp³-hybridized carbons (Fsp3) is 0.875. The van der Waals surface area contributed by atoms with Gasteiger partial charge in [0.1, 0.15) is 0 Å². The van der Waals surface area contributed by atoms with E-state index in [9.17, 15) is 4.79 Å². The Bertz CT molecular complexity index is 183. The number of nitrogens with two attached hydrogens (primary N) is 1. The van der Waals surface area contributed by atoms with Crippen molar-refractivity contribution < 1.29 is 9.90 Å². The molecule has 1 amide bonds. The number of carbonyl (C=O) groups excluding carboxylic acids is 1. The number of rotatable bonds is 4. The zero-order chi connectivity index (χ0) is 9.84. The summed E-state index contributed by atoms with van der Waals surface area (Å²) in [7, 11) is 0. The van der Waals surface area contributed by atoms with Crippen LogP contribution >= 0.6 is 11.8 Å². The summed E-state index contributed by atoms with van der Waals surface area (Å²) in [5.74, 6) is 0.878. The molecular formula is C8H16N2O2S. The molecule has 0 aromatic rings. The Morgan fingerprint density at radius 1 is 1.77 bits per heavy atom. The van der Waals surface area contributed by atoms with E-state index in [1.807, 2.05) is 6.26 Å². The Morgan fingerprint density at radius 3 is 2.85 bits per heavy atom. The summed E-state index contributed by atoms with van der Waals surface area (Å²) < 4.78 is 0. The fourth-order valence-corrected chi connectivity index (χ4v) is 1.73. The molecule has 4 nitrogen and oxygen atoms in total. The number of thioether (sulfide) groups is 1.